The molecule has 1 aromatic rings. The molecule has 0 aromatic carbocycles. The molecule has 1 aliphatic rings. The van der Waals surface area contributed by atoms with Gasteiger partial charge in [0.05, 0.1) is 12.1 Å². The molecule has 2 unspecified atom stereocenters. The average molecular weight is 369 g/mol. The first-order valence-corrected chi connectivity index (χ1v) is 8.02. The zero-order chi connectivity index (χ0) is 19.1. The van der Waals surface area contributed by atoms with Crippen LogP contribution in [0.1, 0.15) is 12.5 Å². The molecule has 0 saturated carbocycles. The maximum absolute atomic E-state index is 9.10. The van der Waals surface area contributed by atoms with Gasteiger partial charge < -0.3 is 24.7 Å². The molecule has 1 aromatic heterocycles. The van der Waals surface area contributed by atoms with Crippen molar-refractivity contribution in [3.8, 4) is 5.88 Å². The van der Waals surface area contributed by atoms with E-state index in [-0.39, 0.29) is 6.10 Å². The summed E-state index contributed by atoms with van der Waals surface area (Å²) in [5.41, 5.74) is 0.916. The van der Waals surface area contributed by atoms with Crippen LogP contribution in [-0.4, -0.2) is 82.3 Å². The topological polar surface area (TPSA) is 103 Å². The number of likely N-dealkylation sites (N-methyl/N-ethyl adjacent to an activating group) is 1. The van der Waals surface area contributed by atoms with Gasteiger partial charge in [0, 0.05) is 25.7 Å². The Morgan fingerprint density at radius 2 is 2.04 bits per heavy atom. The molecule has 0 saturated heterocycles. The van der Waals surface area contributed by atoms with Crippen molar-refractivity contribution in [3.05, 3.63) is 23.9 Å². The van der Waals surface area contributed by atoms with Gasteiger partial charge in [-0.3, -0.25) is 0 Å². The Balaban J connectivity index is 0.000000450. The molecule has 2 atom stereocenters. The first-order chi connectivity index (χ1) is 11.6. The van der Waals surface area contributed by atoms with E-state index in [0.717, 1.165) is 23.6 Å². The van der Waals surface area contributed by atoms with Crippen molar-refractivity contribution >= 4 is 29.1 Å². The van der Waals surface area contributed by atoms with E-state index in [2.05, 4.69) is 35.8 Å². The van der Waals surface area contributed by atoms with E-state index >= 15 is 0 Å². The van der Waals surface area contributed by atoms with E-state index < -0.39 is 11.9 Å². The second kappa shape index (κ2) is 9.28. The van der Waals surface area contributed by atoms with Crippen molar-refractivity contribution in [2.75, 3.05) is 34.2 Å². The highest BCUT2D eigenvalue weighted by atomic mass is 32.1. The van der Waals surface area contributed by atoms with Crippen molar-refractivity contribution in [2.24, 2.45) is 5.92 Å². The van der Waals surface area contributed by atoms with E-state index in [1.54, 1.807) is 6.20 Å². The molecule has 8 nitrogen and oxygen atoms in total. The normalized spacial score (nSPS) is 17.6. The van der Waals surface area contributed by atoms with Gasteiger partial charge >= 0.3 is 11.9 Å². The van der Waals surface area contributed by atoms with Crippen molar-refractivity contribution < 1.29 is 24.5 Å². The predicted molar refractivity (Wildman–Crippen MR) is 96.0 cm³/mol. The molecule has 1 aliphatic heterocycles. The third-order valence-corrected chi connectivity index (χ3v) is 4.07. The van der Waals surface area contributed by atoms with Crippen LogP contribution >= 0.6 is 12.2 Å². The third kappa shape index (κ3) is 6.28. The number of hydrogen-bond donors (Lipinski definition) is 2. The number of carboxylic acid groups (broad SMARTS) is 2. The number of aromatic nitrogens is 1. The van der Waals surface area contributed by atoms with E-state index in [1.807, 2.05) is 19.2 Å². The smallest absolute Gasteiger partial charge is 0.414 e. The summed E-state index contributed by atoms with van der Waals surface area (Å²) >= 11 is 5.49. The molecule has 2 rings (SSSR count). The van der Waals surface area contributed by atoms with Gasteiger partial charge in [-0.15, -0.1) is 0 Å². The first kappa shape index (κ1) is 20.8. The molecule has 2 heterocycles. The number of rotatable bonds is 3. The van der Waals surface area contributed by atoms with Crippen LogP contribution in [0.2, 0.25) is 0 Å². The Kier molecular flexibility index (Phi) is 7.72. The van der Waals surface area contributed by atoms with Gasteiger partial charge in [0.2, 0.25) is 5.88 Å². The zero-order valence-corrected chi connectivity index (χ0v) is 15.5. The number of carboxylic acids is 2. The fraction of sp³-hybridized carbons (Fsp3) is 0.500. The van der Waals surface area contributed by atoms with Crippen LogP contribution in [0.5, 0.6) is 5.88 Å². The highest BCUT2D eigenvalue weighted by molar-refractivity contribution is 7.80. The summed E-state index contributed by atoms with van der Waals surface area (Å²) in [5, 5.41) is 14.8. The fourth-order valence-electron chi connectivity index (χ4n) is 2.38. The predicted octanol–water partition coefficient (Wildman–Crippen LogP) is 0.803. The SMILES string of the molecule is CC(CN(C)C)C1CN(C)C(=S)c2cccnc2O1.O=C(O)C(=O)O. The summed E-state index contributed by atoms with van der Waals surface area (Å²) in [5.74, 6) is -2.58. The Morgan fingerprint density at radius 1 is 1.44 bits per heavy atom. The maximum Gasteiger partial charge on any atom is 0.414 e. The molecule has 0 amide bonds. The quantitative estimate of drug-likeness (QED) is 0.591. The summed E-state index contributed by atoms with van der Waals surface area (Å²) in [4.78, 5) is 27.6. The Morgan fingerprint density at radius 3 is 2.56 bits per heavy atom. The van der Waals surface area contributed by atoms with Crippen molar-refractivity contribution in [1.82, 2.24) is 14.8 Å². The Labute approximate surface area is 152 Å². The van der Waals surface area contributed by atoms with Crippen LogP contribution in [0, 0.1) is 5.92 Å². The largest absolute Gasteiger partial charge is 0.473 e. The summed E-state index contributed by atoms with van der Waals surface area (Å²) in [7, 11) is 6.17. The average Bonchev–Trinajstić information content (AvgIpc) is 2.65. The molecule has 0 aliphatic carbocycles. The first-order valence-electron chi connectivity index (χ1n) is 7.61. The van der Waals surface area contributed by atoms with E-state index in [9.17, 15) is 0 Å². The lowest BCUT2D eigenvalue weighted by atomic mass is 10.0. The molecule has 2 N–H and O–H groups in total. The Hall–Kier alpha value is -2.26. The molecule has 0 spiro atoms. The second-order valence-corrected chi connectivity index (χ2v) is 6.43. The molecular weight excluding hydrogens is 346 g/mol. The number of hydrogen-bond acceptors (Lipinski definition) is 6. The van der Waals surface area contributed by atoms with Crippen LogP contribution < -0.4 is 4.74 Å². The number of fused-ring (bicyclic) bond motifs is 1. The molecule has 0 fully saturated rings. The lowest BCUT2D eigenvalue weighted by Crippen LogP contribution is -2.40. The lowest BCUT2D eigenvalue weighted by molar-refractivity contribution is -0.159. The monoisotopic (exact) mass is 369 g/mol. The van der Waals surface area contributed by atoms with Gasteiger partial charge in [0.25, 0.3) is 0 Å². The van der Waals surface area contributed by atoms with Gasteiger partial charge in [0.15, 0.2) is 0 Å². The van der Waals surface area contributed by atoms with Crippen LogP contribution in [0.15, 0.2) is 18.3 Å². The fourth-order valence-corrected chi connectivity index (χ4v) is 2.61. The molecule has 0 bridgehead atoms. The van der Waals surface area contributed by atoms with Gasteiger partial charge in [-0.2, -0.15) is 0 Å². The number of nitrogens with zero attached hydrogens (tertiary/aromatic N) is 3. The molecule has 0 radical (unpaired) electrons. The van der Waals surface area contributed by atoms with Crippen molar-refractivity contribution in [1.29, 1.82) is 0 Å². The number of aliphatic carboxylic acids is 2. The summed E-state index contributed by atoms with van der Waals surface area (Å²) in [6, 6.07) is 3.87. The maximum atomic E-state index is 9.10. The van der Waals surface area contributed by atoms with Crippen LogP contribution in [0.3, 0.4) is 0 Å². The van der Waals surface area contributed by atoms with Gasteiger partial charge in [-0.05, 0) is 26.2 Å². The molecular formula is C16H23N3O5S. The summed E-state index contributed by atoms with van der Waals surface area (Å²) in [6.45, 7) is 3.98. The molecule has 25 heavy (non-hydrogen) atoms. The van der Waals surface area contributed by atoms with Crippen LogP contribution in [-0.2, 0) is 9.59 Å². The van der Waals surface area contributed by atoms with E-state index in [1.165, 1.54) is 0 Å². The van der Waals surface area contributed by atoms with Gasteiger partial charge in [0.1, 0.15) is 11.1 Å². The summed E-state index contributed by atoms with van der Waals surface area (Å²) in [6.07, 6.45) is 1.85. The van der Waals surface area contributed by atoms with Crippen molar-refractivity contribution in [2.45, 2.75) is 13.0 Å². The van der Waals surface area contributed by atoms with Gasteiger partial charge in [-0.1, -0.05) is 19.1 Å². The molecule has 138 valence electrons. The highest BCUT2D eigenvalue weighted by Crippen LogP contribution is 2.25. The van der Waals surface area contributed by atoms with Crippen LogP contribution in [0.4, 0.5) is 0 Å². The lowest BCUT2D eigenvalue weighted by Gasteiger charge is -2.28. The third-order valence-electron chi connectivity index (χ3n) is 3.54. The minimum absolute atomic E-state index is 0.0986. The summed E-state index contributed by atoms with van der Waals surface area (Å²) < 4.78 is 6.09. The standard InChI is InChI=1S/C14H21N3OS.C2H2O4/c1-10(8-16(2)3)12-9-17(4)14(19)11-6-5-7-15-13(11)18-12;3-1(4)2(5)6/h5-7,10,12H,8-9H2,1-4H3;(H,3,4)(H,5,6). The van der Waals surface area contributed by atoms with Crippen LogP contribution in [0.25, 0.3) is 0 Å². The Bertz CT molecular complexity index is 626. The number of ether oxygens (including phenoxy) is 1. The number of carbonyl (C=O) groups is 2. The second-order valence-electron chi connectivity index (χ2n) is 6.05. The number of pyridine rings is 1. The van der Waals surface area contributed by atoms with E-state index in [0.29, 0.717) is 11.8 Å². The van der Waals surface area contributed by atoms with Crippen molar-refractivity contribution in [3.63, 3.8) is 0 Å². The minimum atomic E-state index is -1.82. The van der Waals surface area contributed by atoms with E-state index in [4.69, 9.17) is 36.8 Å². The zero-order valence-electron chi connectivity index (χ0n) is 14.7. The van der Waals surface area contributed by atoms with Gasteiger partial charge in [-0.25, -0.2) is 14.6 Å². The highest BCUT2D eigenvalue weighted by Gasteiger charge is 2.28. The molecule has 9 heteroatoms. The minimum Gasteiger partial charge on any atom is -0.473 e. The number of thiocarbonyl (C=S) groups is 1.